The van der Waals surface area contributed by atoms with E-state index in [9.17, 15) is 10.1 Å². The molecule has 29 heavy (non-hydrogen) atoms. The summed E-state index contributed by atoms with van der Waals surface area (Å²) in [5.74, 6) is 0.899. The summed E-state index contributed by atoms with van der Waals surface area (Å²) in [5, 5.41) is 15.3. The summed E-state index contributed by atoms with van der Waals surface area (Å²) < 4.78 is 5.54. The normalized spacial score (nSPS) is 21.8. The zero-order chi connectivity index (χ0) is 20.5. The van der Waals surface area contributed by atoms with Crippen molar-refractivity contribution in [2.45, 2.75) is 32.2 Å². The van der Waals surface area contributed by atoms with Crippen molar-refractivity contribution >= 4 is 17.1 Å². The second-order valence-corrected chi connectivity index (χ2v) is 7.57. The van der Waals surface area contributed by atoms with E-state index >= 15 is 0 Å². The lowest BCUT2D eigenvalue weighted by molar-refractivity contribution is -0.385. The highest BCUT2D eigenvalue weighted by Gasteiger charge is 2.42. The van der Waals surface area contributed by atoms with Gasteiger partial charge < -0.3 is 15.0 Å². The molecule has 0 radical (unpaired) electrons. The maximum absolute atomic E-state index is 11.7. The van der Waals surface area contributed by atoms with Crippen LogP contribution in [0.1, 0.15) is 43.4 Å². The average Bonchev–Trinajstić information content (AvgIpc) is 3.23. The predicted octanol–water partition coefficient (Wildman–Crippen LogP) is 5.28. The number of nitrogens with one attached hydrogen (secondary N) is 1. The van der Waals surface area contributed by atoms with Crippen LogP contribution >= 0.6 is 0 Å². The van der Waals surface area contributed by atoms with Crippen LogP contribution in [0.15, 0.2) is 48.6 Å². The third-order valence-corrected chi connectivity index (χ3v) is 6.26. The van der Waals surface area contributed by atoms with Crippen molar-refractivity contribution in [3.8, 4) is 5.75 Å². The molecule has 2 aromatic rings. The number of allylic oxidation sites excluding steroid dienone is 2. The van der Waals surface area contributed by atoms with Gasteiger partial charge in [0, 0.05) is 30.8 Å². The Balaban J connectivity index is 1.76. The molecule has 6 nitrogen and oxygen atoms in total. The Morgan fingerprint density at radius 3 is 2.52 bits per heavy atom. The van der Waals surface area contributed by atoms with E-state index in [1.165, 1.54) is 11.3 Å². The van der Waals surface area contributed by atoms with Gasteiger partial charge >= 0.3 is 0 Å². The van der Waals surface area contributed by atoms with Crippen molar-refractivity contribution in [1.29, 1.82) is 0 Å². The molecule has 0 saturated carbocycles. The molecule has 1 aliphatic carbocycles. The molecule has 4 rings (SSSR count). The lowest BCUT2D eigenvalue weighted by Crippen LogP contribution is -2.30. The van der Waals surface area contributed by atoms with E-state index in [0.717, 1.165) is 30.8 Å². The predicted molar refractivity (Wildman–Crippen MR) is 116 cm³/mol. The third kappa shape index (κ3) is 3.22. The van der Waals surface area contributed by atoms with Gasteiger partial charge in [-0.1, -0.05) is 24.3 Å². The fourth-order valence-corrected chi connectivity index (χ4v) is 4.80. The molecular formula is C23H27N3O3. The minimum Gasteiger partial charge on any atom is -0.495 e. The van der Waals surface area contributed by atoms with E-state index in [0.29, 0.717) is 5.75 Å². The van der Waals surface area contributed by atoms with Crippen LogP contribution in [0.3, 0.4) is 0 Å². The van der Waals surface area contributed by atoms with E-state index in [1.54, 1.807) is 19.2 Å². The lowest BCUT2D eigenvalue weighted by atomic mass is 9.76. The largest absolute Gasteiger partial charge is 0.495 e. The molecule has 6 heteroatoms. The van der Waals surface area contributed by atoms with Crippen LogP contribution in [-0.2, 0) is 0 Å². The van der Waals surface area contributed by atoms with Gasteiger partial charge in [0.1, 0.15) is 5.75 Å². The number of hydrogen-bond acceptors (Lipinski definition) is 5. The first kappa shape index (κ1) is 19.3. The molecular weight excluding hydrogens is 366 g/mol. The highest BCUT2D eigenvalue weighted by atomic mass is 16.6. The molecule has 0 spiro atoms. The average molecular weight is 393 g/mol. The fraction of sp³-hybridized carbons (Fsp3) is 0.391. The van der Waals surface area contributed by atoms with Crippen LogP contribution in [0, 0.1) is 16.0 Å². The molecule has 3 unspecified atom stereocenters. The molecule has 1 N–H and O–H groups in total. The number of nitrogens with zero attached hydrogens (tertiary/aromatic N) is 2. The summed E-state index contributed by atoms with van der Waals surface area (Å²) in [6.45, 7) is 6.26. The van der Waals surface area contributed by atoms with Crippen LogP contribution in [0.5, 0.6) is 5.75 Å². The number of anilines is 2. The van der Waals surface area contributed by atoms with Gasteiger partial charge in [-0.25, -0.2) is 0 Å². The van der Waals surface area contributed by atoms with E-state index in [-0.39, 0.29) is 28.5 Å². The molecule has 2 aromatic carbocycles. The molecule has 0 bridgehead atoms. The number of rotatable bonds is 6. The van der Waals surface area contributed by atoms with E-state index in [1.807, 2.05) is 0 Å². The topological polar surface area (TPSA) is 67.6 Å². The summed E-state index contributed by atoms with van der Waals surface area (Å²) in [4.78, 5) is 13.7. The molecule has 3 atom stereocenters. The monoisotopic (exact) mass is 393 g/mol. The number of benzene rings is 2. The zero-order valence-corrected chi connectivity index (χ0v) is 17.1. The van der Waals surface area contributed by atoms with E-state index in [2.05, 4.69) is 60.5 Å². The Morgan fingerprint density at radius 1 is 1.17 bits per heavy atom. The Bertz CT molecular complexity index is 935. The van der Waals surface area contributed by atoms with Crippen LogP contribution < -0.4 is 15.0 Å². The Labute approximate surface area is 171 Å². The van der Waals surface area contributed by atoms with Crippen LogP contribution in [-0.4, -0.2) is 25.1 Å². The van der Waals surface area contributed by atoms with Gasteiger partial charge in [-0.15, -0.1) is 0 Å². The van der Waals surface area contributed by atoms with Gasteiger partial charge in [0.2, 0.25) is 0 Å². The first-order valence-electron chi connectivity index (χ1n) is 10.2. The molecule has 1 aliphatic heterocycles. The highest BCUT2D eigenvalue weighted by Crippen LogP contribution is 2.54. The smallest absolute Gasteiger partial charge is 0.275 e. The Hall–Kier alpha value is -3.02. The minimum absolute atomic E-state index is 0.00853. The molecule has 0 fully saturated rings. The molecule has 0 aromatic heterocycles. The standard InChI is InChI=1S/C23H27N3O3/c1-4-25(5-2)16-11-9-15(10-12-16)22-18-8-6-7-17(18)21-19(26(27)28)13-14-20(29-3)23(21)24-22/h6-7,9-14,17-18,22,24H,4-5,8H2,1-3H3. The van der Waals surface area contributed by atoms with Crippen LogP contribution in [0.25, 0.3) is 0 Å². The fourth-order valence-electron chi connectivity index (χ4n) is 4.80. The highest BCUT2D eigenvalue weighted by molar-refractivity contribution is 5.73. The SMILES string of the molecule is CCN(CC)c1ccc(C2Nc3c(OC)ccc([N+](=O)[O-])c3C3C=CCC32)cc1. The van der Waals surface area contributed by atoms with Crippen molar-refractivity contribution in [2.75, 3.05) is 30.4 Å². The van der Waals surface area contributed by atoms with Crippen molar-refractivity contribution in [3.05, 3.63) is 69.8 Å². The van der Waals surface area contributed by atoms with E-state index in [4.69, 9.17) is 4.74 Å². The van der Waals surface area contributed by atoms with Gasteiger partial charge in [0.15, 0.2) is 0 Å². The molecule has 0 amide bonds. The van der Waals surface area contributed by atoms with Crippen LogP contribution in [0.2, 0.25) is 0 Å². The first-order chi connectivity index (χ1) is 14.1. The summed E-state index contributed by atoms with van der Waals surface area (Å²) in [5.41, 5.74) is 4.05. The van der Waals surface area contributed by atoms with E-state index < -0.39 is 0 Å². The van der Waals surface area contributed by atoms with Gasteiger partial charge in [-0.3, -0.25) is 10.1 Å². The number of ether oxygens (including phenoxy) is 1. The summed E-state index contributed by atoms with van der Waals surface area (Å²) in [6, 6.07) is 12.0. The zero-order valence-electron chi connectivity index (χ0n) is 17.1. The quantitative estimate of drug-likeness (QED) is 0.411. The second kappa shape index (κ2) is 7.78. The number of hydrogen-bond donors (Lipinski definition) is 1. The van der Waals surface area contributed by atoms with Gasteiger partial charge in [-0.2, -0.15) is 0 Å². The molecule has 2 aliphatic rings. The maximum atomic E-state index is 11.7. The summed E-state index contributed by atoms with van der Waals surface area (Å²) >= 11 is 0. The van der Waals surface area contributed by atoms with Gasteiger partial charge in [0.25, 0.3) is 5.69 Å². The van der Waals surface area contributed by atoms with Crippen molar-refractivity contribution < 1.29 is 9.66 Å². The number of nitro groups is 1. The molecule has 152 valence electrons. The van der Waals surface area contributed by atoms with Gasteiger partial charge in [-0.05, 0) is 49.9 Å². The number of fused-ring (bicyclic) bond motifs is 3. The molecule has 0 saturated heterocycles. The van der Waals surface area contributed by atoms with Crippen LogP contribution in [0.4, 0.5) is 17.1 Å². The van der Waals surface area contributed by atoms with Crippen molar-refractivity contribution in [2.24, 2.45) is 5.92 Å². The minimum atomic E-state index is -0.289. The number of nitro benzene ring substituents is 1. The maximum Gasteiger partial charge on any atom is 0.275 e. The summed E-state index contributed by atoms with van der Waals surface area (Å²) in [6.07, 6.45) is 5.16. The summed E-state index contributed by atoms with van der Waals surface area (Å²) in [7, 11) is 1.60. The lowest BCUT2D eigenvalue weighted by Gasteiger charge is -2.37. The Morgan fingerprint density at radius 2 is 1.90 bits per heavy atom. The third-order valence-electron chi connectivity index (χ3n) is 6.26. The second-order valence-electron chi connectivity index (χ2n) is 7.57. The van der Waals surface area contributed by atoms with Crippen molar-refractivity contribution in [3.63, 3.8) is 0 Å². The molecule has 1 heterocycles. The Kier molecular flexibility index (Phi) is 5.18. The van der Waals surface area contributed by atoms with Crippen molar-refractivity contribution in [1.82, 2.24) is 0 Å². The van der Waals surface area contributed by atoms with Gasteiger partial charge in [0.05, 0.1) is 29.3 Å². The first-order valence-corrected chi connectivity index (χ1v) is 10.2. The number of methoxy groups -OCH3 is 1.